The summed E-state index contributed by atoms with van der Waals surface area (Å²) < 4.78 is 0. The van der Waals surface area contributed by atoms with Crippen molar-refractivity contribution in [3.8, 4) is 0 Å². The number of hydrogen-bond donors (Lipinski definition) is 2. The predicted molar refractivity (Wildman–Crippen MR) is 92.3 cm³/mol. The number of hydrogen-bond acceptors (Lipinski definition) is 4. The molecule has 0 saturated heterocycles. The van der Waals surface area contributed by atoms with E-state index < -0.39 is 11.9 Å². The fourth-order valence-electron chi connectivity index (χ4n) is 1.91. The van der Waals surface area contributed by atoms with E-state index in [9.17, 15) is 9.59 Å². The summed E-state index contributed by atoms with van der Waals surface area (Å²) in [5.41, 5.74) is 3.04. The minimum atomic E-state index is -0.982. The summed E-state index contributed by atoms with van der Waals surface area (Å²) in [7, 11) is 0. The van der Waals surface area contributed by atoms with E-state index in [-0.39, 0.29) is 11.1 Å². The van der Waals surface area contributed by atoms with Gasteiger partial charge >= 0.3 is 11.9 Å². The quantitative estimate of drug-likeness (QED) is 0.813. The first kappa shape index (κ1) is 17.1. The van der Waals surface area contributed by atoms with E-state index >= 15 is 0 Å². The molecule has 0 heterocycles. The molecule has 2 N–H and O–H groups in total. The molecule has 0 fully saturated rings. The molecule has 0 aliphatic carbocycles. The molecule has 6 nitrogen and oxygen atoms in total. The number of aliphatic imine (C=N–C) groups is 2. The minimum absolute atomic E-state index is 0.204. The summed E-state index contributed by atoms with van der Waals surface area (Å²) in [4.78, 5) is 30.4. The molecule has 0 aliphatic rings. The third-order valence-corrected chi connectivity index (χ3v) is 3.35. The van der Waals surface area contributed by atoms with E-state index in [1.54, 1.807) is 38.1 Å². The van der Waals surface area contributed by atoms with Crippen LogP contribution in [0.5, 0.6) is 0 Å². The molecule has 0 unspecified atom stereocenters. The highest BCUT2D eigenvalue weighted by Crippen LogP contribution is 2.16. The third-order valence-electron chi connectivity index (χ3n) is 3.35. The lowest BCUT2D eigenvalue weighted by Crippen LogP contribution is -2.04. The summed E-state index contributed by atoms with van der Waals surface area (Å²) in [6.45, 7) is 3.60. The predicted octanol–water partition coefficient (Wildman–Crippen LogP) is 3.97. The summed E-state index contributed by atoms with van der Waals surface area (Å²) >= 11 is 0. The molecule has 0 bridgehead atoms. The van der Waals surface area contributed by atoms with Gasteiger partial charge in [-0.25, -0.2) is 9.59 Å². The molecule has 0 atom stereocenters. The van der Waals surface area contributed by atoms with E-state index in [4.69, 9.17) is 10.2 Å². The maximum absolute atomic E-state index is 10.8. The van der Waals surface area contributed by atoms with Crippen LogP contribution in [0.2, 0.25) is 0 Å². The van der Waals surface area contributed by atoms with Crippen LogP contribution >= 0.6 is 0 Å². The molecule has 2 aromatic rings. The van der Waals surface area contributed by atoms with Gasteiger partial charge in [0, 0.05) is 0 Å². The van der Waals surface area contributed by atoms with Crippen LogP contribution in [0, 0.1) is 0 Å². The molecular weight excluding hydrogens is 308 g/mol. The SMILES string of the molecule is CC(=N\c1ccc(C(=O)O)cc1)/C(C)=N/c1ccc(C(=O)O)cc1. The Morgan fingerprint density at radius 1 is 0.667 bits per heavy atom. The molecule has 0 spiro atoms. The molecule has 2 aromatic carbocycles. The van der Waals surface area contributed by atoms with Gasteiger partial charge in [-0.15, -0.1) is 0 Å². The van der Waals surface area contributed by atoms with Crippen molar-refractivity contribution < 1.29 is 19.8 Å². The number of aromatic carboxylic acids is 2. The molecule has 0 saturated carbocycles. The van der Waals surface area contributed by atoms with E-state index in [0.717, 1.165) is 0 Å². The van der Waals surface area contributed by atoms with Gasteiger partial charge in [0.15, 0.2) is 0 Å². The Kier molecular flexibility index (Phi) is 5.21. The molecule has 0 radical (unpaired) electrons. The Morgan fingerprint density at radius 2 is 0.958 bits per heavy atom. The fourth-order valence-corrected chi connectivity index (χ4v) is 1.91. The highest BCUT2D eigenvalue weighted by molar-refractivity contribution is 6.41. The van der Waals surface area contributed by atoms with Crippen LogP contribution in [0.4, 0.5) is 11.4 Å². The molecule has 122 valence electrons. The largest absolute Gasteiger partial charge is 0.478 e. The van der Waals surface area contributed by atoms with Gasteiger partial charge in [-0.1, -0.05) is 0 Å². The molecule has 24 heavy (non-hydrogen) atoms. The van der Waals surface area contributed by atoms with Gasteiger partial charge < -0.3 is 10.2 Å². The first-order valence-corrected chi connectivity index (χ1v) is 7.14. The maximum Gasteiger partial charge on any atom is 0.335 e. The van der Waals surface area contributed by atoms with Crippen molar-refractivity contribution in [3.05, 3.63) is 59.7 Å². The smallest absolute Gasteiger partial charge is 0.335 e. The lowest BCUT2D eigenvalue weighted by Gasteiger charge is -2.02. The van der Waals surface area contributed by atoms with Crippen molar-refractivity contribution in [1.29, 1.82) is 0 Å². The van der Waals surface area contributed by atoms with Crippen LogP contribution < -0.4 is 0 Å². The van der Waals surface area contributed by atoms with Gasteiger partial charge in [-0.3, -0.25) is 9.98 Å². The number of nitrogens with zero attached hydrogens (tertiary/aromatic N) is 2. The van der Waals surface area contributed by atoms with Crippen LogP contribution in [0.3, 0.4) is 0 Å². The Bertz CT molecular complexity index is 748. The summed E-state index contributed by atoms with van der Waals surface area (Å²) in [5, 5.41) is 17.7. The van der Waals surface area contributed by atoms with Crippen molar-refractivity contribution >= 4 is 34.7 Å². The Balaban J connectivity index is 2.19. The molecule has 0 amide bonds. The second-order valence-electron chi connectivity index (χ2n) is 5.10. The van der Waals surface area contributed by atoms with Gasteiger partial charge in [0.25, 0.3) is 0 Å². The number of carbonyl (C=O) groups is 2. The van der Waals surface area contributed by atoms with Crippen molar-refractivity contribution in [2.75, 3.05) is 0 Å². The zero-order chi connectivity index (χ0) is 17.7. The lowest BCUT2D eigenvalue weighted by atomic mass is 10.2. The topological polar surface area (TPSA) is 99.3 Å². The van der Waals surface area contributed by atoms with Crippen molar-refractivity contribution in [2.45, 2.75) is 13.8 Å². The van der Waals surface area contributed by atoms with Gasteiger partial charge in [0.1, 0.15) is 0 Å². The summed E-state index contributed by atoms with van der Waals surface area (Å²) in [6, 6.07) is 12.5. The molecule has 0 aromatic heterocycles. The van der Waals surface area contributed by atoms with Crippen molar-refractivity contribution in [3.63, 3.8) is 0 Å². The molecule has 6 heteroatoms. The average molecular weight is 324 g/mol. The first-order valence-electron chi connectivity index (χ1n) is 7.14. The van der Waals surface area contributed by atoms with Gasteiger partial charge in [0.05, 0.1) is 33.9 Å². The van der Waals surface area contributed by atoms with Crippen molar-refractivity contribution in [1.82, 2.24) is 0 Å². The Labute approximate surface area is 138 Å². The van der Waals surface area contributed by atoms with Gasteiger partial charge in [0.2, 0.25) is 0 Å². The average Bonchev–Trinajstić information content (AvgIpc) is 2.55. The number of carboxylic acids is 2. The Hall–Kier alpha value is -3.28. The second kappa shape index (κ2) is 7.32. The second-order valence-corrected chi connectivity index (χ2v) is 5.10. The summed E-state index contributed by atoms with van der Waals surface area (Å²) in [6.07, 6.45) is 0. The number of rotatable bonds is 5. The van der Waals surface area contributed by atoms with E-state index in [2.05, 4.69) is 9.98 Å². The number of benzene rings is 2. The van der Waals surface area contributed by atoms with E-state index in [1.165, 1.54) is 24.3 Å². The van der Waals surface area contributed by atoms with Crippen LogP contribution in [0.1, 0.15) is 34.6 Å². The standard InChI is InChI=1S/C18H16N2O4/c1-11(19-15-7-3-13(4-8-15)17(21)22)12(2)20-16-9-5-14(6-10-16)18(23)24/h3-10H,1-2H3,(H,21,22)(H,23,24)/b19-11+,20-12+. The Morgan fingerprint density at radius 3 is 1.21 bits per heavy atom. The minimum Gasteiger partial charge on any atom is -0.478 e. The van der Waals surface area contributed by atoms with Crippen LogP contribution in [-0.4, -0.2) is 33.6 Å². The van der Waals surface area contributed by atoms with Crippen LogP contribution in [0.15, 0.2) is 58.5 Å². The van der Waals surface area contributed by atoms with E-state index in [0.29, 0.717) is 22.8 Å². The zero-order valence-electron chi connectivity index (χ0n) is 13.2. The highest BCUT2D eigenvalue weighted by Gasteiger charge is 2.04. The lowest BCUT2D eigenvalue weighted by molar-refractivity contribution is 0.0686. The van der Waals surface area contributed by atoms with Gasteiger partial charge in [-0.2, -0.15) is 0 Å². The first-order chi connectivity index (χ1) is 11.4. The van der Waals surface area contributed by atoms with E-state index in [1.807, 2.05) is 0 Å². The third kappa shape index (κ3) is 4.36. The fraction of sp³-hybridized carbons (Fsp3) is 0.111. The highest BCUT2D eigenvalue weighted by atomic mass is 16.4. The summed E-state index contributed by atoms with van der Waals surface area (Å²) in [5.74, 6) is -1.96. The van der Waals surface area contributed by atoms with Crippen molar-refractivity contribution in [2.24, 2.45) is 9.98 Å². The van der Waals surface area contributed by atoms with Gasteiger partial charge in [-0.05, 0) is 62.4 Å². The normalized spacial score (nSPS) is 12.1. The molecule has 0 aliphatic heterocycles. The van der Waals surface area contributed by atoms with Crippen LogP contribution in [-0.2, 0) is 0 Å². The maximum atomic E-state index is 10.8. The number of carboxylic acid groups (broad SMARTS) is 2. The monoisotopic (exact) mass is 324 g/mol. The molecule has 2 rings (SSSR count). The zero-order valence-corrected chi connectivity index (χ0v) is 13.2. The molecular formula is C18H16N2O4. The van der Waals surface area contributed by atoms with Crippen LogP contribution in [0.25, 0.3) is 0 Å².